The summed E-state index contributed by atoms with van der Waals surface area (Å²) in [7, 11) is 0. The van der Waals surface area contributed by atoms with Gasteiger partial charge >= 0.3 is 0 Å². The first-order valence-corrected chi connectivity index (χ1v) is 8.04. The predicted molar refractivity (Wildman–Crippen MR) is 96.4 cm³/mol. The molecule has 0 aromatic heterocycles. The molecule has 0 unspecified atom stereocenters. The van der Waals surface area contributed by atoms with Gasteiger partial charge in [-0.15, -0.1) is 0 Å². The molecule has 9 heteroatoms. The number of benzene rings is 2. The van der Waals surface area contributed by atoms with Crippen LogP contribution in [0.2, 0.25) is 0 Å². The number of nitro groups is 1. The smallest absolute Gasteiger partial charge is 0.282 e. The maximum absolute atomic E-state index is 11.9. The van der Waals surface area contributed by atoms with Crippen molar-refractivity contribution >= 4 is 17.8 Å². The van der Waals surface area contributed by atoms with E-state index < -0.39 is 10.8 Å². The number of rotatable bonds is 6. The summed E-state index contributed by atoms with van der Waals surface area (Å²) in [5.41, 5.74) is 4.27. The van der Waals surface area contributed by atoms with Gasteiger partial charge in [0.25, 0.3) is 11.6 Å². The van der Waals surface area contributed by atoms with Crippen LogP contribution in [0.25, 0.3) is 0 Å². The number of hydrogen-bond acceptors (Lipinski definition) is 7. The molecular formula is C18H17N3O6. The lowest BCUT2D eigenvalue weighted by atomic mass is 10.1. The van der Waals surface area contributed by atoms with Gasteiger partial charge in [-0.1, -0.05) is 17.7 Å². The van der Waals surface area contributed by atoms with Crippen molar-refractivity contribution in [1.29, 1.82) is 0 Å². The highest BCUT2D eigenvalue weighted by atomic mass is 16.7. The molecule has 1 heterocycles. The maximum atomic E-state index is 11.9. The number of hydrogen-bond donors (Lipinski definition) is 1. The Labute approximate surface area is 154 Å². The van der Waals surface area contributed by atoms with E-state index in [1.165, 1.54) is 18.3 Å². The largest absolute Gasteiger partial charge is 0.483 e. The van der Waals surface area contributed by atoms with Crippen LogP contribution in [0.3, 0.4) is 0 Å². The Morgan fingerprint density at radius 2 is 2.04 bits per heavy atom. The summed E-state index contributed by atoms with van der Waals surface area (Å²) in [4.78, 5) is 22.5. The second-order valence-electron chi connectivity index (χ2n) is 5.87. The Hall–Kier alpha value is -3.62. The van der Waals surface area contributed by atoms with Gasteiger partial charge in [-0.2, -0.15) is 5.10 Å². The first-order chi connectivity index (χ1) is 12.9. The fraction of sp³-hybridized carbons (Fsp3) is 0.222. The van der Waals surface area contributed by atoms with Gasteiger partial charge in [0, 0.05) is 0 Å². The molecule has 2 aromatic carbocycles. The van der Waals surface area contributed by atoms with Crippen LogP contribution >= 0.6 is 0 Å². The average molecular weight is 371 g/mol. The first-order valence-electron chi connectivity index (χ1n) is 8.04. The van der Waals surface area contributed by atoms with E-state index in [0.29, 0.717) is 17.2 Å². The first kappa shape index (κ1) is 18.2. The molecule has 9 nitrogen and oxygen atoms in total. The zero-order chi connectivity index (χ0) is 19.4. The van der Waals surface area contributed by atoms with Gasteiger partial charge in [-0.25, -0.2) is 5.43 Å². The minimum atomic E-state index is -0.561. The molecule has 1 aliphatic heterocycles. The standard InChI is InChI=1S/C18H17N3O6/c1-11-3-4-15(12(2)5-11)25-9-18(22)20-19-8-13-6-16-17(27-10-26-16)7-14(13)21(23)24/h3-8H,9-10H2,1-2H3,(H,20,22)/b19-8+. The summed E-state index contributed by atoms with van der Waals surface area (Å²) in [6, 6.07) is 8.32. The van der Waals surface area contributed by atoms with Crippen molar-refractivity contribution in [3.05, 3.63) is 57.1 Å². The monoisotopic (exact) mass is 371 g/mol. The fourth-order valence-electron chi connectivity index (χ4n) is 2.52. The van der Waals surface area contributed by atoms with Gasteiger partial charge in [0.05, 0.1) is 22.8 Å². The zero-order valence-electron chi connectivity index (χ0n) is 14.7. The van der Waals surface area contributed by atoms with Crippen LogP contribution in [0.1, 0.15) is 16.7 Å². The molecule has 0 aliphatic carbocycles. The second kappa shape index (κ2) is 7.73. The summed E-state index contributed by atoms with van der Waals surface area (Å²) in [5.74, 6) is 0.789. The third-order valence-electron chi connectivity index (χ3n) is 3.80. The number of nitrogens with zero attached hydrogens (tertiary/aromatic N) is 2. The quantitative estimate of drug-likeness (QED) is 0.474. The van der Waals surface area contributed by atoms with Gasteiger partial charge in [-0.3, -0.25) is 14.9 Å². The van der Waals surface area contributed by atoms with Crippen molar-refractivity contribution in [3.8, 4) is 17.2 Å². The number of nitro benzene ring substituents is 1. The molecule has 0 atom stereocenters. The molecule has 1 aliphatic rings. The predicted octanol–water partition coefficient (Wildman–Crippen LogP) is 2.47. The maximum Gasteiger partial charge on any atom is 0.282 e. The molecule has 1 amide bonds. The van der Waals surface area contributed by atoms with E-state index in [0.717, 1.165) is 11.1 Å². The molecule has 140 valence electrons. The third kappa shape index (κ3) is 4.32. The van der Waals surface area contributed by atoms with Crippen LogP contribution in [-0.2, 0) is 4.79 Å². The van der Waals surface area contributed by atoms with Gasteiger partial charge in [0.1, 0.15) is 5.75 Å². The Kier molecular flexibility index (Phi) is 5.20. The molecule has 0 spiro atoms. The van der Waals surface area contributed by atoms with E-state index in [1.54, 1.807) is 6.07 Å². The number of carbonyl (C=O) groups excluding carboxylic acids is 1. The molecule has 27 heavy (non-hydrogen) atoms. The van der Waals surface area contributed by atoms with E-state index in [1.807, 2.05) is 26.0 Å². The van der Waals surface area contributed by atoms with Crippen molar-refractivity contribution in [1.82, 2.24) is 5.43 Å². The number of carbonyl (C=O) groups is 1. The Morgan fingerprint density at radius 1 is 1.30 bits per heavy atom. The van der Waals surface area contributed by atoms with Gasteiger partial charge < -0.3 is 14.2 Å². The fourth-order valence-corrected chi connectivity index (χ4v) is 2.52. The number of nitrogens with one attached hydrogen (secondary N) is 1. The third-order valence-corrected chi connectivity index (χ3v) is 3.80. The lowest BCUT2D eigenvalue weighted by molar-refractivity contribution is -0.385. The van der Waals surface area contributed by atoms with Crippen molar-refractivity contribution in [2.24, 2.45) is 5.10 Å². The van der Waals surface area contributed by atoms with Crippen LogP contribution < -0.4 is 19.6 Å². The van der Waals surface area contributed by atoms with Crippen molar-refractivity contribution in [3.63, 3.8) is 0 Å². The molecular weight excluding hydrogens is 354 g/mol. The molecule has 0 bridgehead atoms. The van der Waals surface area contributed by atoms with Crippen LogP contribution in [-0.4, -0.2) is 30.4 Å². The lowest BCUT2D eigenvalue weighted by Crippen LogP contribution is -2.24. The van der Waals surface area contributed by atoms with E-state index >= 15 is 0 Å². The number of hydrazone groups is 1. The molecule has 3 rings (SSSR count). The lowest BCUT2D eigenvalue weighted by Gasteiger charge is -2.08. The molecule has 0 fully saturated rings. The molecule has 1 N–H and O–H groups in total. The van der Waals surface area contributed by atoms with Gasteiger partial charge in [0.2, 0.25) is 6.79 Å². The molecule has 2 aromatic rings. The minimum absolute atomic E-state index is 0.000411. The summed E-state index contributed by atoms with van der Waals surface area (Å²) >= 11 is 0. The Morgan fingerprint density at radius 3 is 2.74 bits per heavy atom. The SMILES string of the molecule is Cc1ccc(OCC(=O)N/N=C/c2cc3c(cc2[N+](=O)[O-])OCO3)c(C)c1. The number of amides is 1. The van der Waals surface area contributed by atoms with Crippen LogP contribution in [0.5, 0.6) is 17.2 Å². The summed E-state index contributed by atoms with van der Waals surface area (Å²) < 4.78 is 15.8. The summed E-state index contributed by atoms with van der Waals surface area (Å²) in [6.45, 7) is 3.62. The highest BCUT2D eigenvalue weighted by Crippen LogP contribution is 2.37. The summed E-state index contributed by atoms with van der Waals surface area (Å²) in [5, 5.41) is 14.9. The average Bonchev–Trinajstić information content (AvgIpc) is 3.07. The zero-order valence-corrected chi connectivity index (χ0v) is 14.7. The Bertz CT molecular complexity index is 926. The molecule has 0 saturated heterocycles. The van der Waals surface area contributed by atoms with Crippen molar-refractivity contribution in [2.45, 2.75) is 13.8 Å². The highest BCUT2D eigenvalue weighted by molar-refractivity contribution is 5.88. The molecule has 0 radical (unpaired) electrons. The normalized spacial score (nSPS) is 12.2. The number of aryl methyl sites for hydroxylation is 2. The van der Waals surface area contributed by atoms with Gasteiger partial charge in [0.15, 0.2) is 18.1 Å². The van der Waals surface area contributed by atoms with Crippen molar-refractivity contribution < 1.29 is 23.9 Å². The molecule has 0 saturated carbocycles. The number of fused-ring (bicyclic) bond motifs is 1. The minimum Gasteiger partial charge on any atom is -0.483 e. The van der Waals surface area contributed by atoms with E-state index in [4.69, 9.17) is 14.2 Å². The summed E-state index contributed by atoms with van der Waals surface area (Å²) in [6.07, 6.45) is 1.18. The second-order valence-corrected chi connectivity index (χ2v) is 5.87. The van der Waals surface area contributed by atoms with Gasteiger partial charge in [-0.05, 0) is 31.5 Å². The highest BCUT2D eigenvalue weighted by Gasteiger charge is 2.22. The van der Waals surface area contributed by atoms with Crippen LogP contribution in [0.15, 0.2) is 35.4 Å². The van der Waals surface area contributed by atoms with E-state index in [9.17, 15) is 14.9 Å². The Balaban J connectivity index is 1.62. The van der Waals surface area contributed by atoms with Crippen LogP contribution in [0, 0.1) is 24.0 Å². The topological polar surface area (TPSA) is 112 Å². The van der Waals surface area contributed by atoms with E-state index in [-0.39, 0.29) is 24.7 Å². The van der Waals surface area contributed by atoms with E-state index in [2.05, 4.69) is 10.5 Å². The van der Waals surface area contributed by atoms with Crippen LogP contribution in [0.4, 0.5) is 5.69 Å². The number of ether oxygens (including phenoxy) is 3. The van der Waals surface area contributed by atoms with Crippen molar-refractivity contribution in [2.75, 3.05) is 13.4 Å².